The lowest BCUT2D eigenvalue weighted by atomic mass is 10.2. The molecule has 0 bridgehead atoms. The van der Waals surface area contributed by atoms with Crippen molar-refractivity contribution in [1.82, 2.24) is 0 Å². The highest BCUT2D eigenvalue weighted by molar-refractivity contribution is 5.74. The van der Waals surface area contributed by atoms with Gasteiger partial charge in [-0.25, -0.2) is 4.79 Å². The number of carboxylic acids is 1. The summed E-state index contributed by atoms with van der Waals surface area (Å²) >= 11 is 0. The quantitative estimate of drug-likeness (QED) is 0.371. The van der Waals surface area contributed by atoms with Crippen molar-refractivity contribution in [3.05, 3.63) is 12.2 Å². The van der Waals surface area contributed by atoms with Gasteiger partial charge in [-0.05, 0) is 6.08 Å². The van der Waals surface area contributed by atoms with Crippen LogP contribution in [-0.2, 0) is 4.79 Å². The second kappa shape index (κ2) is 4.84. The molecule has 64 valence electrons. The van der Waals surface area contributed by atoms with E-state index in [0.29, 0.717) is 0 Å². The van der Waals surface area contributed by atoms with Gasteiger partial charge in [0.1, 0.15) is 0 Å². The van der Waals surface area contributed by atoms with Crippen molar-refractivity contribution in [2.45, 2.75) is 12.2 Å². The number of aliphatic hydroxyl groups excluding tert-OH is 3. The Bertz CT molecular complexity index is 153. The van der Waals surface area contributed by atoms with Crippen LogP contribution in [0.5, 0.6) is 0 Å². The molecule has 0 radical (unpaired) electrons. The average Bonchev–Trinajstić information content (AvgIpc) is 1.99. The van der Waals surface area contributed by atoms with E-state index in [1.165, 1.54) is 0 Å². The smallest absolute Gasteiger partial charge is 0.336 e. The van der Waals surface area contributed by atoms with Crippen molar-refractivity contribution in [3.8, 4) is 0 Å². The van der Waals surface area contributed by atoms with Crippen molar-refractivity contribution in [2.75, 3.05) is 6.61 Å². The van der Waals surface area contributed by atoms with Gasteiger partial charge >= 0.3 is 5.97 Å². The molecular weight excluding hydrogens is 152 g/mol. The lowest BCUT2D eigenvalue weighted by Gasteiger charge is -2.00. The Morgan fingerprint density at radius 2 is 1.91 bits per heavy atom. The van der Waals surface area contributed by atoms with Gasteiger partial charge in [-0.1, -0.05) is 6.08 Å². The van der Waals surface area contributed by atoms with Crippen LogP contribution < -0.4 is 0 Å². The molecule has 0 aromatic carbocycles. The van der Waals surface area contributed by atoms with E-state index in [2.05, 4.69) is 0 Å². The number of aliphatic carboxylic acids is 1. The van der Waals surface area contributed by atoms with Gasteiger partial charge in [-0.3, -0.25) is 0 Å². The fourth-order valence-electron chi connectivity index (χ4n) is 0.377. The molecule has 0 fully saturated rings. The lowest BCUT2D eigenvalue weighted by molar-refractivity contribution is -0.144. The van der Waals surface area contributed by atoms with Crippen molar-refractivity contribution in [3.63, 3.8) is 0 Å². The SMILES string of the molecule is O=C(O)C(O)C=CC(O)CO. The summed E-state index contributed by atoms with van der Waals surface area (Å²) in [5.74, 6) is -1.40. The minimum absolute atomic E-state index is 0.497. The highest BCUT2D eigenvalue weighted by Crippen LogP contribution is 1.89. The monoisotopic (exact) mass is 162 g/mol. The topological polar surface area (TPSA) is 98.0 Å². The molecule has 0 rings (SSSR count). The van der Waals surface area contributed by atoms with E-state index in [1.54, 1.807) is 0 Å². The molecule has 2 atom stereocenters. The summed E-state index contributed by atoms with van der Waals surface area (Å²) in [5, 5.41) is 33.6. The summed E-state index contributed by atoms with van der Waals surface area (Å²) in [4.78, 5) is 9.95. The van der Waals surface area contributed by atoms with Crippen LogP contribution in [0.15, 0.2) is 12.2 Å². The molecule has 0 aliphatic heterocycles. The molecule has 0 spiro atoms. The standard InChI is InChI=1S/C6H10O5/c7-3-4(8)1-2-5(9)6(10)11/h1-2,4-5,7-9H,3H2,(H,10,11). The van der Waals surface area contributed by atoms with Crippen LogP contribution in [0.2, 0.25) is 0 Å². The Morgan fingerprint density at radius 1 is 1.36 bits per heavy atom. The number of carboxylic acid groups (broad SMARTS) is 1. The normalized spacial score (nSPS) is 16.6. The van der Waals surface area contributed by atoms with Gasteiger partial charge in [0.25, 0.3) is 0 Å². The molecule has 2 unspecified atom stereocenters. The predicted octanol–water partition coefficient (Wildman–Crippen LogP) is -1.66. The molecule has 4 N–H and O–H groups in total. The van der Waals surface area contributed by atoms with Gasteiger partial charge in [0.15, 0.2) is 6.10 Å². The van der Waals surface area contributed by atoms with Crippen LogP contribution in [0.3, 0.4) is 0 Å². The van der Waals surface area contributed by atoms with Crippen molar-refractivity contribution in [1.29, 1.82) is 0 Å². The summed E-state index contributed by atoms with van der Waals surface area (Å²) in [7, 11) is 0. The molecule has 0 saturated carbocycles. The number of aliphatic hydroxyl groups is 3. The molecular formula is C6H10O5. The Kier molecular flexibility index (Phi) is 4.44. The first kappa shape index (κ1) is 10.1. The highest BCUT2D eigenvalue weighted by atomic mass is 16.4. The summed E-state index contributed by atoms with van der Waals surface area (Å²) in [6, 6.07) is 0. The van der Waals surface area contributed by atoms with Gasteiger partial charge in [-0.15, -0.1) is 0 Å². The van der Waals surface area contributed by atoms with Crippen LogP contribution >= 0.6 is 0 Å². The zero-order chi connectivity index (χ0) is 8.85. The van der Waals surface area contributed by atoms with Gasteiger partial charge in [0.2, 0.25) is 0 Å². The van der Waals surface area contributed by atoms with Crippen LogP contribution in [0.1, 0.15) is 0 Å². The van der Waals surface area contributed by atoms with E-state index in [9.17, 15) is 4.79 Å². The zero-order valence-electron chi connectivity index (χ0n) is 5.71. The van der Waals surface area contributed by atoms with Crippen molar-refractivity contribution < 1.29 is 25.2 Å². The minimum Gasteiger partial charge on any atom is -0.479 e. The molecule has 11 heavy (non-hydrogen) atoms. The maximum atomic E-state index is 9.95. The van der Waals surface area contributed by atoms with Crippen LogP contribution in [0.25, 0.3) is 0 Å². The number of carbonyl (C=O) groups is 1. The number of rotatable bonds is 4. The Balaban J connectivity index is 3.82. The largest absolute Gasteiger partial charge is 0.479 e. The van der Waals surface area contributed by atoms with E-state index < -0.39 is 24.8 Å². The third-order valence-electron chi connectivity index (χ3n) is 0.956. The maximum Gasteiger partial charge on any atom is 0.336 e. The van der Waals surface area contributed by atoms with Crippen molar-refractivity contribution in [2.24, 2.45) is 0 Å². The summed E-state index contributed by atoms with van der Waals surface area (Å²) < 4.78 is 0. The zero-order valence-corrected chi connectivity index (χ0v) is 5.71. The minimum atomic E-state index is -1.63. The second-order valence-corrected chi connectivity index (χ2v) is 1.92. The lowest BCUT2D eigenvalue weighted by Crippen LogP contribution is -2.17. The number of hydrogen-bond acceptors (Lipinski definition) is 4. The van der Waals surface area contributed by atoms with Gasteiger partial charge in [0.05, 0.1) is 12.7 Å². The fraction of sp³-hybridized carbons (Fsp3) is 0.500. The molecule has 0 aromatic heterocycles. The van der Waals surface area contributed by atoms with Crippen LogP contribution in [0, 0.1) is 0 Å². The summed E-state index contributed by atoms with van der Waals surface area (Å²) in [5.41, 5.74) is 0. The predicted molar refractivity (Wildman–Crippen MR) is 35.9 cm³/mol. The first-order valence-corrected chi connectivity index (χ1v) is 2.96. The Hall–Kier alpha value is -0.910. The second-order valence-electron chi connectivity index (χ2n) is 1.92. The van der Waals surface area contributed by atoms with E-state index in [1.807, 2.05) is 0 Å². The third kappa shape index (κ3) is 4.49. The molecule has 0 aromatic rings. The molecule has 5 heteroatoms. The number of hydrogen-bond donors (Lipinski definition) is 4. The Labute approximate surface area is 63.2 Å². The fourth-order valence-corrected chi connectivity index (χ4v) is 0.377. The van der Waals surface area contributed by atoms with Gasteiger partial charge < -0.3 is 20.4 Å². The molecule has 0 heterocycles. The van der Waals surface area contributed by atoms with Crippen LogP contribution in [-0.4, -0.2) is 45.2 Å². The van der Waals surface area contributed by atoms with E-state index in [-0.39, 0.29) is 0 Å². The first-order chi connectivity index (χ1) is 5.07. The van der Waals surface area contributed by atoms with E-state index in [4.69, 9.17) is 20.4 Å². The van der Waals surface area contributed by atoms with Gasteiger partial charge in [0, 0.05) is 0 Å². The van der Waals surface area contributed by atoms with E-state index in [0.717, 1.165) is 12.2 Å². The Morgan fingerprint density at radius 3 is 2.27 bits per heavy atom. The van der Waals surface area contributed by atoms with E-state index >= 15 is 0 Å². The molecule has 5 nitrogen and oxygen atoms in total. The highest BCUT2D eigenvalue weighted by Gasteiger charge is 2.08. The molecule has 0 saturated heterocycles. The summed E-state index contributed by atoms with van der Waals surface area (Å²) in [6.45, 7) is -0.497. The van der Waals surface area contributed by atoms with Crippen molar-refractivity contribution >= 4 is 5.97 Å². The van der Waals surface area contributed by atoms with Crippen LogP contribution in [0.4, 0.5) is 0 Å². The molecule has 0 aliphatic rings. The third-order valence-corrected chi connectivity index (χ3v) is 0.956. The van der Waals surface area contributed by atoms with Gasteiger partial charge in [-0.2, -0.15) is 0 Å². The molecule has 0 amide bonds. The summed E-state index contributed by atoms with van der Waals surface area (Å²) in [6.07, 6.45) is -0.845. The average molecular weight is 162 g/mol. The molecule has 0 aliphatic carbocycles. The first-order valence-electron chi connectivity index (χ1n) is 2.96. The maximum absolute atomic E-state index is 9.95.